The number of nitrogens with zero attached hydrogens (tertiary/aromatic N) is 3. The predicted octanol–water partition coefficient (Wildman–Crippen LogP) is 1.66. The molecule has 1 aliphatic heterocycles. The normalized spacial score (nSPS) is 29.3. The Morgan fingerprint density at radius 3 is 2.77 bits per heavy atom. The lowest BCUT2D eigenvalue weighted by Crippen LogP contribution is -2.78. The van der Waals surface area contributed by atoms with Crippen molar-refractivity contribution in [2.45, 2.75) is 62.0 Å². The molecule has 3 heterocycles. The number of aryl methyl sites for hydroxylation is 1. The van der Waals surface area contributed by atoms with Crippen LogP contribution in [0.3, 0.4) is 0 Å². The number of aromatic nitrogens is 4. The van der Waals surface area contributed by atoms with E-state index in [-0.39, 0.29) is 29.4 Å². The molecule has 3 saturated carbocycles. The summed E-state index contributed by atoms with van der Waals surface area (Å²) in [5, 5.41) is 25.8. The second kappa shape index (κ2) is 8.20. The average Bonchev–Trinajstić information content (AvgIpc) is 3.43. The van der Waals surface area contributed by atoms with Gasteiger partial charge < -0.3 is 25.2 Å². The van der Waals surface area contributed by atoms with Crippen molar-refractivity contribution in [3.05, 3.63) is 29.2 Å². The van der Waals surface area contributed by atoms with Crippen LogP contribution in [0, 0.1) is 0 Å². The molecule has 4 aliphatic rings. The molecular weight excluding hydrogens is 477 g/mol. The molecule has 3 aliphatic carbocycles. The van der Waals surface area contributed by atoms with Crippen LogP contribution in [0.5, 0.6) is 0 Å². The molecule has 4 fully saturated rings. The number of aliphatic hydroxyl groups is 1. The van der Waals surface area contributed by atoms with Crippen LogP contribution in [0.4, 0.5) is 23.8 Å². The molecule has 2 bridgehead atoms. The zero-order valence-corrected chi connectivity index (χ0v) is 18.5. The first-order valence-electron chi connectivity index (χ1n) is 10.8. The maximum atomic E-state index is 12.5. The summed E-state index contributed by atoms with van der Waals surface area (Å²) >= 11 is 0. The van der Waals surface area contributed by atoms with Gasteiger partial charge in [0.15, 0.2) is 5.82 Å². The van der Waals surface area contributed by atoms with E-state index in [4.69, 9.17) is 9.47 Å². The number of carbonyl (C=O) groups excluding carboxylic acids is 2. The molecule has 0 radical (unpaired) electrons. The van der Waals surface area contributed by atoms with Gasteiger partial charge in [0, 0.05) is 19.5 Å². The third-order valence-corrected chi connectivity index (χ3v) is 6.34. The summed E-state index contributed by atoms with van der Waals surface area (Å²) in [6.45, 7) is -0.631. The standard InChI is InChI=1S/C20H23F3N6O6/c1-29-13(2-10(28-29)5-34-20(21,22)23)16(30)24-15-4-12(26-27-15)14-3-11(6-33-14)35-17(31)25-18-7-19(32,8-18)9-18/h2,4,11,14,32H,3,5-9H2,1H3,(H,25,31)(H2,24,26,27,30)/t11-,14-,18?,19?/m1/s1. The monoisotopic (exact) mass is 500 g/mol. The van der Waals surface area contributed by atoms with Crippen molar-refractivity contribution in [2.24, 2.45) is 7.05 Å². The molecule has 15 heteroatoms. The van der Waals surface area contributed by atoms with Gasteiger partial charge in [-0.15, -0.1) is 13.2 Å². The summed E-state index contributed by atoms with van der Waals surface area (Å²) in [5.41, 5.74) is -0.456. The number of nitrogens with one attached hydrogen (secondary N) is 3. The van der Waals surface area contributed by atoms with Crippen LogP contribution in [-0.4, -0.2) is 67.3 Å². The zero-order chi connectivity index (χ0) is 25.0. The Morgan fingerprint density at radius 1 is 1.34 bits per heavy atom. The molecule has 190 valence electrons. The number of alkyl halides is 3. The first kappa shape index (κ1) is 23.6. The maximum absolute atomic E-state index is 12.5. The number of amides is 2. The lowest BCUT2D eigenvalue weighted by Gasteiger charge is -2.67. The van der Waals surface area contributed by atoms with E-state index in [9.17, 15) is 27.9 Å². The number of hydrogen-bond acceptors (Lipinski definition) is 8. The van der Waals surface area contributed by atoms with Crippen molar-refractivity contribution in [3.63, 3.8) is 0 Å². The van der Waals surface area contributed by atoms with Crippen molar-refractivity contribution in [2.75, 3.05) is 11.9 Å². The number of H-pyrrole nitrogens is 1. The zero-order valence-electron chi connectivity index (χ0n) is 18.5. The molecule has 2 aromatic rings. The third kappa shape index (κ3) is 4.97. The number of alkyl carbamates (subject to hydrolysis) is 1. The molecule has 2 aromatic heterocycles. The molecule has 12 nitrogen and oxygen atoms in total. The summed E-state index contributed by atoms with van der Waals surface area (Å²) in [6.07, 6.45) is -4.25. The highest BCUT2D eigenvalue weighted by atomic mass is 19.4. The van der Waals surface area contributed by atoms with Crippen LogP contribution in [0.15, 0.2) is 12.1 Å². The molecule has 2 amide bonds. The van der Waals surface area contributed by atoms with E-state index in [0.29, 0.717) is 31.4 Å². The van der Waals surface area contributed by atoms with Crippen LogP contribution >= 0.6 is 0 Å². The quantitative estimate of drug-likeness (QED) is 0.448. The number of aromatic amines is 1. The van der Waals surface area contributed by atoms with Crippen molar-refractivity contribution in [1.82, 2.24) is 25.3 Å². The average molecular weight is 500 g/mol. The number of halogens is 3. The van der Waals surface area contributed by atoms with Crippen LogP contribution in [-0.2, 0) is 27.9 Å². The lowest BCUT2D eigenvalue weighted by molar-refractivity contribution is -0.330. The topological polar surface area (TPSA) is 153 Å². The Hall–Kier alpha value is -3.17. The van der Waals surface area contributed by atoms with Crippen LogP contribution < -0.4 is 10.6 Å². The third-order valence-electron chi connectivity index (χ3n) is 6.34. The van der Waals surface area contributed by atoms with Crippen molar-refractivity contribution in [3.8, 4) is 0 Å². The molecular formula is C20H23F3N6O6. The fourth-order valence-electron chi connectivity index (χ4n) is 4.87. The van der Waals surface area contributed by atoms with E-state index in [1.165, 1.54) is 13.1 Å². The summed E-state index contributed by atoms with van der Waals surface area (Å²) in [4.78, 5) is 24.7. The fraction of sp³-hybridized carbons (Fsp3) is 0.600. The number of hydrogen-bond donors (Lipinski definition) is 4. The second-order valence-electron chi connectivity index (χ2n) is 9.29. The van der Waals surface area contributed by atoms with E-state index < -0.39 is 42.8 Å². The minimum absolute atomic E-state index is 0.0164. The van der Waals surface area contributed by atoms with Crippen molar-refractivity contribution < 1.29 is 42.1 Å². The molecule has 0 spiro atoms. The van der Waals surface area contributed by atoms with Gasteiger partial charge >= 0.3 is 12.5 Å². The van der Waals surface area contributed by atoms with Gasteiger partial charge in [0.25, 0.3) is 5.91 Å². The Kier molecular flexibility index (Phi) is 5.52. The van der Waals surface area contributed by atoms with Crippen LogP contribution in [0.25, 0.3) is 0 Å². The first-order chi connectivity index (χ1) is 16.4. The van der Waals surface area contributed by atoms with E-state index in [1.807, 2.05) is 0 Å². The van der Waals surface area contributed by atoms with Gasteiger partial charge in [-0.3, -0.25) is 19.3 Å². The lowest BCUT2D eigenvalue weighted by atomic mass is 9.46. The highest BCUT2D eigenvalue weighted by Gasteiger charge is 2.68. The van der Waals surface area contributed by atoms with Gasteiger partial charge in [-0.2, -0.15) is 10.2 Å². The first-order valence-corrected chi connectivity index (χ1v) is 10.8. The van der Waals surface area contributed by atoms with E-state index in [1.54, 1.807) is 6.07 Å². The molecule has 0 unspecified atom stereocenters. The van der Waals surface area contributed by atoms with Gasteiger partial charge in [-0.25, -0.2) is 4.79 Å². The Bertz CT molecular complexity index is 1130. The van der Waals surface area contributed by atoms with Gasteiger partial charge in [0.1, 0.15) is 24.5 Å². The van der Waals surface area contributed by atoms with E-state index in [0.717, 1.165) is 4.68 Å². The van der Waals surface area contributed by atoms with Crippen LogP contribution in [0.2, 0.25) is 0 Å². The highest BCUT2D eigenvalue weighted by molar-refractivity contribution is 6.02. The van der Waals surface area contributed by atoms with E-state index >= 15 is 0 Å². The van der Waals surface area contributed by atoms with Crippen molar-refractivity contribution >= 4 is 17.8 Å². The van der Waals surface area contributed by atoms with E-state index in [2.05, 4.69) is 30.7 Å². The highest BCUT2D eigenvalue weighted by Crippen LogP contribution is 2.60. The largest absolute Gasteiger partial charge is 0.522 e. The molecule has 1 saturated heterocycles. The van der Waals surface area contributed by atoms with Crippen molar-refractivity contribution in [1.29, 1.82) is 0 Å². The fourth-order valence-corrected chi connectivity index (χ4v) is 4.87. The Balaban J connectivity index is 1.11. The summed E-state index contributed by atoms with van der Waals surface area (Å²) in [7, 11) is 1.42. The predicted molar refractivity (Wildman–Crippen MR) is 109 cm³/mol. The summed E-state index contributed by atoms with van der Waals surface area (Å²) in [5.74, 6) is -0.452. The molecule has 4 N–H and O–H groups in total. The Labute approximate surface area is 196 Å². The maximum Gasteiger partial charge on any atom is 0.522 e. The SMILES string of the molecule is Cn1nc(COC(F)(F)F)cc1C(=O)Nc1cc([C@H]2C[C@@H](OC(=O)NC34CC(O)(C3)C4)CO2)[nH]n1. The minimum Gasteiger partial charge on any atom is -0.444 e. The summed E-state index contributed by atoms with van der Waals surface area (Å²) < 4.78 is 52.6. The van der Waals surface area contributed by atoms with Gasteiger partial charge in [0.05, 0.1) is 29.1 Å². The molecule has 6 rings (SSSR count). The second-order valence-corrected chi connectivity index (χ2v) is 9.29. The smallest absolute Gasteiger partial charge is 0.444 e. The minimum atomic E-state index is -4.80. The summed E-state index contributed by atoms with van der Waals surface area (Å²) in [6, 6.07) is 2.74. The van der Waals surface area contributed by atoms with Gasteiger partial charge in [-0.1, -0.05) is 0 Å². The van der Waals surface area contributed by atoms with Gasteiger partial charge in [0.2, 0.25) is 0 Å². The Morgan fingerprint density at radius 2 is 2.09 bits per heavy atom. The number of ether oxygens (including phenoxy) is 3. The number of rotatable bonds is 7. The molecule has 35 heavy (non-hydrogen) atoms. The van der Waals surface area contributed by atoms with Crippen LogP contribution in [0.1, 0.15) is 53.7 Å². The van der Waals surface area contributed by atoms with Gasteiger partial charge in [-0.05, 0) is 25.3 Å². The number of anilines is 1. The molecule has 0 aromatic carbocycles. The molecule has 2 atom stereocenters. The number of carbonyl (C=O) groups is 2.